The third-order valence-corrected chi connectivity index (χ3v) is 6.82. The summed E-state index contributed by atoms with van der Waals surface area (Å²) in [5, 5.41) is 9.89. The van der Waals surface area contributed by atoms with Crippen molar-refractivity contribution in [2.24, 2.45) is 5.92 Å². The van der Waals surface area contributed by atoms with Gasteiger partial charge in [0.1, 0.15) is 0 Å². The molecule has 1 fully saturated rings. The zero-order valence-corrected chi connectivity index (χ0v) is 14.0. The molecule has 3 rings (SSSR count). The topological polar surface area (TPSA) is 70.5 Å². The summed E-state index contributed by atoms with van der Waals surface area (Å²) in [5.74, 6) is 0.309. The first kappa shape index (κ1) is 16.4. The van der Waals surface area contributed by atoms with Crippen LogP contribution in [-0.4, -0.2) is 42.5 Å². The number of rotatable bonds is 4. The Morgan fingerprint density at radius 3 is 2.61 bits per heavy atom. The van der Waals surface area contributed by atoms with Gasteiger partial charge in [0.2, 0.25) is 10.0 Å². The first-order valence-electron chi connectivity index (χ1n) is 7.96. The molecule has 1 aromatic heterocycles. The highest BCUT2D eigenvalue weighted by Crippen LogP contribution is 2.31. The van der Waals surface area contributed by atoms with Crippen LogP contribution in [0.2, 0.25) is 0 Å². The van der Waals surface area contributed by atoms with E-state index in [4.69, 9.17) is 0 Å². The van der Waals surface area contributed by atoms with Gasteiger partial charge in [-0.25, -0.2) is 8.42 Å². The van der Waals surface area contributed by atoms with Gasteiger partial charge in [-0.05, 0) is 55.9 Å². The molecular formula is C17H22N2O3S. The molecule has 5 nitrogen and oxygen atoms in total. The molecule has 1 saturated carbocycles. The van der Waals surface area contributed by atoms with E-state index < -0.39 is 10.0 Å². The summed E-state index contributed by atoms with van der Waals surface area (Å²) in [6.07, 6.45) is 5.00. The highest BCUT2D eigenvalue weighted by atomic mass is 32.2. The molecule has 1 N–H and O–H groups in total. The Morgan fingerprint density at radius 1 is 1.17 bits per heavy atom. The van der Waals surface area contributed by atoms with E-state index in [9.17, 15) is 13.5 Å². The van der Waals surface area contributed by atoms with Gasteiger partial charge in [-0.1, -0.05) is 6.07 Å². The fourth-order valence-corrected chi connectivity index (χ4v) is 4.96. The minimum atomic E-state index is -3.56. The predicted molar refractivity (Wildman–Crippen MR) is 89.5 cm³/mol. The second kappa shape index (κ2) is 6.55. The van der Waals surface area contributed by atoms with Crippen LogP contribution in [0.5, 0.6) is 0 Å². The standard InChI is InChI=1S/C17H22N2O3S/c1-19(14-9-7-13(12-20)8-10-14)23(21,22)17-6-2-5-16-15(17)4-3-11-18-16/h2-6,11,13-14,20H,7-10,12H2,1H3. The number of hydrogen-bond donors (Lipinski definition) is 1. The summed E-state index contributed by atoms with van der Waals surface area (Å²) >= 11 is 0. The van der Waals surface area contributed by atoms with Crippen LogP contribution in [0.4, 0.5) is 0 Å². The SMILES string of the molecule is CN(C1CCC(CO)CC1)S(=O)(=O)c1cccc2ncccc12. The summed E-state index contributed by atoms with van der Waals surface area (Å²) in [4.78, 5) is 4.55. The number of sulfonamides is 1. The molecule has 0 aliphatic heterocycles. The van der Waals surface area contributed by atoms with Crippen LogP contribution >= 0.6 is 0 Å². The quantitative estimate of drug-likeness (QED) is 0.932. The number of pyridine rings is 1. The molecular weight excluding hydrogens is 312 g/mol. The Kier molecular flexibility index (Phi) is 4.66. The van der Waals surface area contributed by atoms with Crippen molar-refractivity contribution in [2.45, 2.75) is 36.6 Å². The number of fused-ring (bicyclic) bond motifs is 1. The number of nitrogens with zero attached hydrogens (tertiary/aromatic N) is 2. The summed E-state index contributed by atoms with van der Waals surface area (Å²) in [7, 11) is -1.90. The van der Waals surface area contributed by atoms with Crippen LogP contribution in [0.3, 0.4) is 0 Å². The molecule has 0 amide bonds. The van der Waals surface area contributed by atoms with E-state index in [1.54, 1.807) is 37.5 Å². The molecule has 2 aromatic rings. The molecule has 0 saturated heterocycles. The number of aliphatic hydroxyl groups excluding tert-OH is 1. The van der Waals surface area contributed by atoms with E-state index in [1.807, 2.05) is 6.07 Å². The van der Waals surface area contributed by atoms with Crippen LogP contribution in [0, 0.1) is 5.92 Å². The third-order valence-electron chi connectivity index (χ3n) is 4.85. The molecule has 1 aromatic carbocycles. The van der Waals surface area contributed by atoms with Crippen molar-refractivity contribution < 1.29 is 13.5 Å². The van der Waals surface area contributed by atoms with Crippen molar-refractivity contribution in [3.63, 3.8) is 0 Å². The number of hydrogen-bond acceptors (Lipinski definition) is 4. The Morgan fingerprint density at radius 2 is 1.91 bits per heavy atom. The lowest BCUT2D eigenvalue weighted by atomic mass is 9.87. The molecule has 0 unspecified atom stereocenters. The van der Waals surface area contributed by atoms with Crippen molar-refractivity contribution >= 4 is 20.9 Å². The van der Waals surface area contributed by atoms with Gasteiger partial charge in [0.05, 0.1) is 10.4 Å². The van der Waals surface area contributed by atoms with Gasteiger partial charge < -0.3 is 5.11 Å². The lowest BCUT2D eigenvalue weighted by Crippen LogP contribution is -2.39. The Hall–Kier alpha value is -1.50. The van der Waals surface area contributed by atoms with E-state index in [1.165, 1.54) is 4.31 Å². The highest BCUT2D eigenvalue weighted by molar-refractivity contribution is 7.89. The minimum absolute atomic E-state index is 0.00488. The molecule has 124 valence electrons. The fraction of sp³-hybridized carbons (Fsp3) is 0.471. The number of benzene rings is 1. The van der Waals surface area contributed by atoms with E-state index >= 15 is 0 Å². The molecule has 0 bridgehead atoms. The van der Waals surface area contributed by atoms with Crippen molar-refractivity contribution in [1.82, 2.24) is 9.29 Å². The van der Waals surface area contributed by atoms with Crippen molar-refractivity contribution in [2.75, 3.05) is 13.7 Å². The van der Waals surface area contributed by atoms with E-state index in [-0.39, 0.29) is 12.6 Å². The molecule has 1 aliphatic rings. The second-order valence-corrected chi connectivity index (χ2v) is 8.17. The largest absolute Gasteiger partial charge is 0.396 e. The Balaban J connectivity index is 1.91. The summed E-state index contributed by atoms with van der Waals surface area (Å²) in [6, 6.07) is 8.75. The average Bonchev–Trinajstić information content (AvgIpc) is 2.60. The number of aromatic nitrogens is 1. The van der Waals surface area contributed by atoms with Crippen molar-refractivity contribution in [1.29, 1.82) is 0 Å². The molecule has 6 heteroatoms. The maximum Gasteiger partial charge on any atom is 0.243 e. The second-order valence-electron chi connectivity index (χ2n) is 6.20. The normalized spacial score (nSPS) is 22.6. The van der Waals surface area contributed by atoms with Crippen LogP contribution in [-0.2, 0) is 10.0 Å². The average molecular weight is 334 g/mol. The van der Waals surface area contributed by atoms with Gasteiger partial charge in [-0.3, -0.25) is 4.98 Å². The van der Waals surface area contributed by atoms with E-state index in [2.05, 4.69) is 4.98 Å². The Labute approximate surface area is 137 Å². The zero-order valence-electron chi connectivity index (χ0n) is 13.2. The van der Waals surface area contributed by atoms with E-state index in [0.29, 0.717) is 21.7 Å². The summed E-state index contributed by atoms with van der Waals surface area (Å²) in [5.41, 5.74) is 0.686. The third kappa shape index (κ3) is 3.11. The van der Waals surface area contributed by atoms with Crippen LogP contribution in [0.1, 0.15) is 25.7 Å². The van der Waals surface area contributed by atoms with Gasteiger partial charge in [0, 0.05) is 31.3 Å². The van der Waals surface area contributed by atoms with Crippen LogP contribution in [0.25, 0.3) is 10.9 Å². The Bertz CT molecular complexity index is 778. The molecule has 0 spiro atoms. The summed E-state index contributed by atoms with van der Waals surface area (Å²) in [6.45, 7) is 0.193. The molecule has 1 aliphatic carbocycles. The number of aliphatic hydroxyl groups is 1. The molecule has 23 heavy (non-hydrogen) atoms. The minimum Gasteiger partial charge on any atom is -0.396 e. The summed E-state index contributed by atoms with van der Waals surface area (Å²) < 4.78 is 27.6. The lowest BCUT2D eigenvalue weighted by molar-refractivity contribution is 0.159. The smallest absolute Gasteiger partial charge is 0.243 e. The van der Waals surface area contributed by atoms with Crippen LogP contribution in [0.15, 0.2) is 41.4 Å². The first-order valence-corrected chi connectivity index (χ1v) is 9.40. The predicted octanol–water partition coefficient (Wildman–Crippen LogP) is 2.41. The van der Waals surface area contributed by atoms with Crippen molar-refractivity contribution in [3.05, 3.63) is 36.5 Å². The van der Waals surface area contributed by atoms with Crippen molar-refractivity contribution in [3.8, 4) is 0 Å². The van der Waals surface area contributed by atoms with Gasteiger partial charge in [-0.2, -0.15) is 4.31 Å². The maximum atomic E-state index is 13.0. The molecule has 0 radical (unpaired) electrons. The highest BCUT2D eigenvalue weighted by Gasteiger charge is 2.32. The van der Waals surface area contributed by atoms with Gasteiger partial charge in [0.25, 0.3) is 0 Å². The van der Waals surface area contributed by atoms with Crippen LogP contribution < -0.4 is 0 Å². The maximum absolute atomic E-state index is 13.0. The lowest BCUT2D eigenvalue weighted by Gasteiger charge is -2.33. The zero-order chi connectivity index (χ0) is 16.4. The van der Waals surface area contributed by atoms with Gasteiger partial charge in [0.15, 0.2) is 0 Å². The van der Waals surface area contributed by atoms with Gasteiger partial charge in [-0.15, -0.1) is 0 Å². The fourth-order valence-electron chi connectivity index (χ4n) is 3.34. The van der Waals surface area contributed by atoms with E-state index in [0.717, 1.165) is 25.7 Å². The monoisotopic (exact) mass is 334 g/mol. The van der Waals surface area contributed by atoms with Gasteiger partial charge >= 0.3 is 0 Å². The molecule has 1 heterocycles. The first-order chi connectivity index (χ1) is 11.0. The molecule has 0 atom stereocenters.